The lowest BCUT2D eigenvalue weighted by Gasteiger charge is -2.18. The van der Waals surface area contributed by atoms with Gasteiger partial charge >= 0.3 is 0 Å². The van der Waals surface area contributed by atoms with Gasteiger partial charge in [0.05, 0.1) is 17.8 Å². The minimum atomic E-state index is -0.263. The van der Waals surface area contributed by atoms with Crippen molar-refractivity contribution in [3.63, 3.8) is 0 Å². The van der Waals surface area contributed by atoms with E-state index >= 15 is 0 Å². The fraction of sp³-hybridized carbons (Fsp3) is 0.267. The molecule has 2 aromatic rings. The van der Waals surface area contributed by atoms with Gasteiger partial charge in [-0.2, -0.15) is 0 Å². The second kappa shape index (κ2) is 5.65. The summed E-state index contributed by atoms with van der Waals surface area (Å²) >= 11 is 0. The van der Waals surface area contributed by atoms with Crippen LogP contribution in [-0.2, 0) is 0 Å². The van der Waals surface area contributed by atoms with Gasteiger partial charge in [-0.25, -0.2) is 0 Å². The Bertz CT molecular complexity index is 497. The van der Waals surface area contributed by atoms with Crippen molar-refractivity contribution < 1.29 is 4.74 Å². The number of benzene rings is 1. The highest BCUT2D eigenvalue weighted by Crippen LogP contribution is 2.27. The van der Waals surface area contributed by atoms with Crippen LogP contribution in [0.15, 0.2) is 48.7 Å². The molecule has 18 heavy (non-hydrogen) atoms. The molecule has 1 heterocycles. The first-order valence-corrected chi connectivity index (χ1v) is 6.10. The van der Waals surface area contributed by atoms with Gasteiger partial charge in [0.1, 0.15) is 5.75 Å². The fourth-order valence-electron chi connectivity index (χ4n) is 1.82. The molecule has 0 saturated carbocycles. The Morgan fingerprint density at radius 2 is 1.78 bits per heavy atom. The molecular formula is C15H18N2O. The van der Waals surface area contributed by atoms with E-state index in [9.17, 15) is 0 Å². The average Bonchev–Trinajstić information content (AvgIpc) is 2.39. The topological polar surface area (TPSA) is 48.1 Å². The van der Waals surface area contributed by atoms with Crippen LogP contribution in [0.5, 0.6) is 5.75 Å². The smallest absolute Gasteiger partial charge is 0.124 e. The monoisotopic (exact) mass is 242 g/mol. The van der Waals surface area contributed by atoms with Crippen molar-refractivity contribution in [3.05, 3.63) is 59.9 Å². The summed E-state index contributed by atoms with van der Waals surface area (Å²) in [6.45, 7) is 4.01. The molecule has 0 bridgehead atoms. The van der Waals surface area contributed by atoms with Gasteiger partial charge in [-0.15, -0.1) is 0 Å². The van der Waals surface area contributed by atoms with E-state index in [1.54, 1.807) is 6.20 Å². The number of hydrogen-bond acceptors (Lipinski definition) is 3. The maximum Gasteiger partial charge on any atom is 0.124 e. The van der Waals surface area contributed by atoms with Crippen LogP contribution in [0.2, 0.25) is 0 Å². The Balaban J connectivity index is 2.33. The highest BCUT2D eigenvalue weighted by molar-refractivity contribution is 5.39. The number of nitrogens with two attached hydrogens (primary N) is 1. The van der Waals surface area contributed by atoms with Crippen LogP contribution in [0.4, 0.5) is 0 Å². The number of pyridine rings is 1. The summed E-state index contributed by atoms with van der Waals surface area (Å²) in [6.07, 6.45) is 1.88. The Labute approximate surface area is 108 Å². The van der Waals surface area contributed by atoms with Gasteiger partial charge < -0.3 is 10.5 Å². The summed E-state index contributed by atoms with van der Waals surface area (Å²) in [5.41, 5.74) is 8.06. The van der Waals surface area contributed by atoms with E-state index in [0.717, 1.165) is 17.0 Å². The Morgan fingerprint density at radius 1 is 1.06 bits per heavy atom. The number of nitrogens with zero attached hydrogens (tertiary/aromatic N) is 1. The summed E-state index contributed by atoms with van der Waals surface area (Å²) in [6, 6.07) is 13.3. The van der Waals surface area contributed by atoms with Crippen molar-refractivity contribution in [1.29, 1.82) is 0 Å². The molecule has 0 fully saturated rings. The quantitative estimate of drug-likeness (QED) is 0.896. The molecule has 0 aliphatic carbocycles. The van der Waals surface area contributed by atoms with E-state index in [1.165, 1.54) is 0 Å². The Hall–Kier alpha value is -1.87. The van der Waals surface area contributed by atoms with Crippen LogP contribution in [0, 0.1) is 0 Å². The first kappa shape index (κ1) is 12.6. The molecular weight excluding hydrogens is 224 g/mol. The Kier molecular flexibility index (Phi) is 3.95. The van der Waals surface area contributed by atoms with Gasteiger partial charge in [-0.3, -0.25) is 4.98 Å². The summed E-state index contributed by atoms with van der Waals surface area (Å²) in [7, 11) is 0. The van der Waals surface area contributed by atoms with E-state index in [-0.39, 0.29) is 12.1 Å². The fourth-order valence-corrected chi connectivity index (χ4v) is 1.82. The van der Waals surface area contributed by atoms with E-state index in [0.29, 0.717) is 0 Å². The molecule has 3 heteroatoms. The molecule has 0 radical (unpaired) electrons. The van der Waals surface area contributed by atoms with Crippen molar-refractivity contribution in [2.45, 2.75) is 26.0 Å². The molecule has 1 atom stereocenters. The van der Waals surface area contributed by atoms with Crippen LogP contribution < -0.4 is 10.5 Å². The predicted molar refractivity (Wildman–Crippen MR) is 72.5 cm³/mol. The molecule has 1 aromatic carbocycles. The first-order valence-electron chi connectivity index (χ1n) is 6.10. The third kappa shape index (κ3) is 2.87. The minimum absolute atomic E-state index is 0.127. The highest BCUT2D eigenvalue weighted by Gasteiger charge is 2.15. The molecule has 2 rings (SSSR count). The lowest BCUT2D eigenvalue weighted by atomic mass is 10.0. The lowest BCUT2D eigenvalue weighted by Crippen LogP contribution is -2.16. The number of aromatic nitrogens is 1. The number of hydrogen-bond donors (Lipinski definition) is 1. The lowest BCUT2D eigenvalue weighted by molar-refractivity contribution is 0.239. The molecule has 0 spiro atoms. The van der Waals surface area contributed by atoms with Crippen molar-refractivity contribution in [1.82, 2.24) is 4.98 Å². The largest absolute Gasteiger partial charge is 0.491 e. The van der Waals surface area contributed by atoms with Crippen LogP contribution in [0.1, 0.15) is 31.1 Å². The minimum Gasteiger partial charge on any atom is -0.491 e. The second-order valence-corrected chi connectivity index (χ2v) is 4.44. The molecule has 1 unspecified atom stereocenters. The zero-order valence-electron chi connectivity index (χ0n) is 10.7. The van der Waals surface area contributed by atoms with Gasteiger partial charge in [0.15, 0.2) is 0 Å². The van der Waals surface area contributed by atoms with Crippen molar-refractivity contribution >= 4 is 0 Å². The molecule has 2 N–H and O–H groups in total. The van der Waals surface area contributed by atoms with E-state index in [1.807, 2.05) is 56.3 Å². The summed E-state index contributed by atoms with van der Waals surface area (Å²) in [4.78, 5) is 4.29. The van der Waals surface area contributed by atoms with Gasteiger partial charge in [0.25, 0.3) is 0 Å². The first-order chi connectivity index (χ1) is 8.68. The number of para-hydroxylation sites is 1. The standard InChI is InChI=1S/C15H18N2O/c1-11(2)18-14-9-4-3-7-12(14)15(16)13-8-5-6-10-17-13/h3-11,15H,16H2,1-2H3. The van der Waals surface area contributed by atoms with Crippen molar-refractivity contribution in [3.8, 4) is 5.75 Å². The maximum absolute atomic E-state index is 6.25. The summed E-state index contributed by atoms with van der Waals surface area (Å²) < 4.78 is 5.78. The third-order valence-electron chi connectivity index (χ3n) is 2.62. The molecule has 0 amide bonds. The van der Waals surface area contributed by atoms with Crippen molar-refractivity contribution in [2.75, 3.05) is 0 Å². The SMILES string of the molecule is CC(C)Oc1ccccc1C(N)c1ccccn1. The van der Waals surface area contributed by atoms with E-state index in [2.05, 4.69) is 4.98 Å². The normalized spacial score (nSPS) is 12.4. The van der Waals surface area contributed by atoms with Crippen LogP contribution >= 0.6 is 0 Å². The van der Waals surface area contributed by atoms with Crippen LogP contribution in [-0.4, -0.2) is 11.1 Å². The van der Waals surface area contributed by atoms with Crippen LogP contribution in [0.25, 0.3) is 0 Å². The molecule has 0 aliphatic heterocycles. The molecule has 0 saturated heterocycles. The van der Waals surface area contributed by atoms with Gasteiger partial charge in [-0.1, -0.05) is 24.3 Å². The third-order valence-corrected chi connectivity index (χ3v) is 2.62. The second-order valence-electron chi connectivity index (χ2n) is 4.44. The van der Waals surface area contributed by atoms with Crippen molar-refractivity contribution in [2.24, 2.45) is 5.73 Å². The van der Waals surface area contributed by atoms with E-state index in [4.69, 9.17) is 10.5 Å². The molecule has 3 nitrogen and oxygen atoms in total. The number of ether oxygens (including phenoxy) is 1. The summed E-state index contributed by atoms with van der Waals surface area (Å²) in [5, 5.41) is 0. The maximum atomic E-state index is 6.25. The summed E-state index contributed by atoms with van der Waals surface area (Å²) in [5.74, 6) is 0.825. The van der Waals surface area contributed by atoms with Gasteiger partial charge in [0, 0.05) is 11.8 Å². The molecule has 1 aromatic heterocycles. The molecule has 0 aliphatic rings. The van der Waals surface area contributed by atoms with Gasteiger partial charge in [-0.05, 0) is 32.0 Å². The highest BCUT2D eigenvalue weighted by atomic mass is 16.5. The predicted octanol–water partition coefficient (Wildman–Crippen LogP) is 2.92. The van der Waals surface area contributed by atoms with Crippen LogP contribution in [0.3, 0.4) is 0 Å². The Morgan fingerprint density at radius 3 is 2.44 bits per heavy atom. The zero-order valence-corrected chi connectivity index (χ0v) is 10.7. The zero-order chi connectivity index (χ0) is 13.0. The van der Waals surface area contributed by atoms with Gasteiger partial charge in [0.2, 0.25) is 0 Å². The van der Waals surface area contributed by atoms with E-state index < -0.39 is 0 Å². The number of rotatable bonds is 4. The molecule has 94 valence electrons. The average molecular weight is 242 g/mol.